The Hall–Kier alpha value is -3.56. The van der Waals surface area contributed by atoms with Crippen LogP contribution in [-0.2, 0) is 7.05 Å². The first-order chi connectivity index (χ1) is 12.8. The van der Waals surface area contributed by atoms with E-state index in [9.17, 15) is 9.18 Å². The highest BCUT2D eigenvalue weighted by atomic mass is 19.1. The summed E-state index contributed by atoms with van der Waals surface area (Å²) >= 11 is 0. The third-order valence-corrected chi connectivity index (χ3v) is 4.01. The number of hydrogen-bond donors (Lipinski definition) is 3. The molecule has 27 heavy (non-hydrogen) atoms. The van der Waals surface area contributed by atoms with Gasteiger partial charge in [0.1, 0.15) is 12.1 Å². The van der Waals surface area contributed by atoms with Gasteiger partial charge in [0, 0.05) is 13.2 Å². The molecular formula is C17H18FN7O2. The fourth-order valence-electron chi connectivity index (χ4n) is 2.71. The number of rotatable bonds is 5. The number of carbonyl (C=O) groups is 1. The highest BCUT2D eigenvalue weighted by Gasteiger charge is 2.18. The van der Waals surface area contributed by atoms with Crippen LogP contribution in [0, 0.1) is 12.7 Å². The fourth-order valence-corrected chi connectivity index (χ4v) is 2.71. The van der Waals surface area contributed by atoms with Gasteiger partial charge in [-0.05, 0) is 31.0 Å². The number of nitrogens with zero attached hydrogens (tertiary/aromatic N) is 5. The summed E-state index contributed by atoms with van der Waals surface area (Å²) in [6.07, 6.45) is 3.48. The summed E-state index contributed by atoms with van der Waals surface area (Å²) in [6, 6.07) is 2.64. The van der Waals surface area contributed by atoms with Crippen LogP contribution in [0.15, 0.2) is 30.9 Å². The van der Waals surface area contributed by atoms with Crippen LogP contribution in [0.4, 0.5) is 20.8 Å². The van der Waals surface area contributed by atoms with E-state index < -0.39 is 18.0 Å². The van der Waals surface area contributed by atoms with E-state index >= 15 is 0 Å². The predicted molar refractivity (Wildman–Crippen MR) is 96.0 cm³/mol. The van der Waals surface area contributed by atoms with Gasteiger partial charge in [-0.1, -0.05) is 6.07 Å². The number of nitrogens with one attached hydrogen (secondary N) is 2. The number of halogens is 1. The molecule has 3 rings (SSSR count). The zero-order valence-corrected chi connectivity index (χ0v) is 14.9. The van der Waals surface area contributed by atoms with Crippen LogP contribution in [0.2, 0.25) is 0 Å². The van der Waals surface area contributed by atoms with Crippen LogP contribution in [0.3, 0.4) is 0 Å². The summed E-state index contributed by atoms with van der Waals surface area (Å²) < 4.78 is 16.5. The zero-order valence-electron chi connectivity index (χ0n) is 14.9. The normalized spacial score (nSPS) is 11.9. The third-order valence-electron chi connectivity index (χ3n) is 4.01. The maximum atomic E-state index is 14.9. The summed E-state index contributed by atoms with van der Waals surface area (Å²) in [4.78, 5) is 23.1. The van der Waals surface area contributed by atoms with E-state index in [1.807, 2.05) is 0 Å². The van der Waals surface area contributed by atoms with Crippen molar-refractivity contribution in [2.75, 3.05) is 5.32 Å². The van der Waals surface area contributed by atoms with Gasteiger partial charge in [-0.25, -0.2) is 19.2 Å². The van der Waals surface area contributed by atoms with Gasteiger partial charge in [0.2, 0.25) is 5.95 Å². The molecule has 0 fully saturated rings. The molecule has 1 aromatic carbocycles. The van der Waals surface area contributed by atoms with E-state index in [1.165, 1.54) is 12.4 Å². The SMILES string of the molecule is Cc1c(C(C)NC(=O)O)ccc(-c2ncnc(Nc3cnn(C)c3)n2)c1F. The molecule has 1 unspecified atom stereocenters. The summed E-state index contributed by atoms with van der Waals surface area (Å²) in [6.45, 7) is 3.23. The lowest BCUT2D eigenvalue weighted by molar-refractivity contribution is 0.191. The molecular weight excluding hydrogens is 353 g/mol. The van der Waals surface area contributed by atoms with Gasteiger partial charge in [0.15, 0.2) is 5.82 Å². The molecule has 0 aliphatic heterocycles. The largest absolute Gasteiger partial charge is 0.465 e. The smallest absolute Gasteiger partial charge is 0.405 e. The monoisotopic (exact) mass is 371 g/mol. The van der Waals surface area contributed by atoms with E-state index in [0.29, 0.717) is 16.8 Å². The average Bonchev–Trinajstić information content (AvgIpc) is 3.01. The Morgan fingerprint density at radius 3 is 2.78 bits per heavy atom. The second-order valence-corrected chi connectivity index (χ2v) is 5.97. The standard InChI is InChI=1S/C17H18FN7O2/c1-9-12(10(2)22-17(26)27)4-5-13(14(9)18)15-19-8-20-16(24-15)23-11-6-21-25(3)7-11/h4-8,10,22H,1-3H3,(H,26,27)(H,19,20,23,24). The Labute approximate surface area is 154 Å². The minimum atomic E-state index is -1.17. The number of aryl methyl sites for hydroxylation is 1. The molecule has 10 heteroatoms. The molecule has 3 aromatic rings. The fraction of sp³-hybridized carbons (Fsp3) is 0.235. The summed E-state index contributed by atoms with van der Waals surface area (Å²) in [5.74, 6) is -0.0810. The topological polar surface area (TPSA) is 118 Å². The van der Waals surface area contributed by atoms with Gasteiger partial charge < -0.3 is 15.7 Å². The Morgan fingerprint density at radius 2 is 2.11 bits per heavy atom. The van der Waals surface area contributed by atoms with Gasteiger partial charge in [0.25, 0.3) is 0 Å². The molecule has 1 atom stereocenters. The maximum absolute atomic E-state index is 14.9. The number of hydrogen-bond acceptors (Lipinski definition) is 6. The molecule has 1 amide bonds. The molecule has 3 N–H and O–H groups in total. The van der Waals surface area contributed by atoms with Crippen LogP contribution in [0.5, 0.6) is 0 Å². The molecule has 0 spiro atoms. The number of amides is 1. The Balaban J connectivity index is 1.91. The van der Waals surface area contributed by atoms with Gasteiger partial charge in [-0.3, -0.25) is 4.68 Å². The number of anilines is 2. The van der Waals surface area contributed by atoms with Crippen molar-refractivity contribution in [3.8, 4) is 11.4 Å². The van der Waals surface area contributed by atoms with E-state index in [-0.39, 0.29) is 17.3 Å². The van der Waals surface area contributed by atoms with Crippen molar-refractivity contribution in [1.82, 2.24) is 30.0 Å². The quantitative estimate of drug-likeness (QED) is 0.631. The molecule has 0 radical (unpaired) electrons. The molecule has 0 aliphatic carbocycles. The molecule has 140 valence electrons. The molecule has 0 aliphatic rings. The Morgan fingerprint density at radius 1 is 1.33 bits per heavy atom. The molecule has 2 aromatic heterocycles. The third kappa shape index (κ3) is 4.00. The molecule has 9 nitrogen and oxygen atoms in total. The van der Waals surface area contributed by atoms with Crippen molar-refractivity contribution in [1.29, 1.82) is 0 Å². The minimum Gasteiger partial charge on any atom is -0.465 e. The van der Waals surface area contributed by atoms with Gasteiger partial charge in [-0.2, -0.15) is 10.1 Å². The lowest BCUT2D eigenvalue weighted by Gasteiger charge is -2.16. The van der Waals surface area contributed by atoms with Crippen molar-refractivity contribution in [3.63, 3.8) is 0 Å². The molecule has 0 saturated heterocycles. The van der Waals surface area contributed by atoms with Crippen LogP contribution in [0.25, 0.3) is 11.4 Å². The van der Waals surface area contributed by atoms with E-state index in [1.54, 1.807) is 44.0 Å². The first-order valence-corrected chi connectivity index (χ1v) is 8.08. The summed E-state index contributed by atoms with van der Waals surface area (Å²) in [5.41, 5.74) is 1.77. The van der Waals surface area contributed by atoms with Crippen LogP contribution < -0.4 is 10.6 Å². The number of benzene rings is 1. The number of aromatic nitrogens is 5. The minimum absolute atomic E-state index is 0.169. The van der Waals surface area contributed by atoms with Crippen LogP contribution in [0.1, 0.15) is 24.1 Å². The van der Waals surface area contributed by atoms with E-state index in [2.05, 4.69) is 30.7 Å². The first-order valence-electron chi connectivity index (χ1n) is 8.08. The van der Waals surface area contributed by atoms with Crippen LogP contribution in [-0.4, -0.2) is 35.9 Å². The molecule has 0 bridgehead atoms. The highest BCUT2D eigenvalue weighted by molar-refractivity contribution is 5.66. The molecule has 2 heterocycles. The van der Waals surface area contributed by atoms with E-state index in [4.69, 9.17) is 5.11 Å². The Kier molecular flexibility index (Phi) is 4.97. The van der Waals surface area contributed by atoms with Crippen LogP contribution >= 0.6 is 0 Å². The number of carboxylic acid groups (broad SMARTS) is 1. The molecule has 0 saturated carbocycles. The van der Waals surface area contributed by atoms with Crippen molar-refractivity contribution < 1.29 is 14.3 Å². The Bertz CT molecular complexity index is 989. The van der Waals surface area contributed by atoms with Gasteiger partial charge in [-0.15, -0.1) is 0 Å². The first kappa shape index (κ1) is 18.2. The van der Waals surface area contributed by atoms with Crippen molar-refractivity contribution in [3.05, 3.63) is 47.8 Å². The lowest BCUT2D eigenvalue weighted by Crippen LogP contribution is -2.25. The maximum Gasteiger partial charge on any atom is 0.405 e. The summed E-state index contributed by atoms with van der Waals surface area (Å²) in [5, 5.41) is 18.2. The second kappa shape index (κ2) is 7.36. The van der Waals surface area contributed by atoms with Crippen molar-refractivity contribution in [2.24, 2.45) is 7.05 Å². The van der Waals surface area contributed by atoms with Gasteiger partial charge in [0.05, 0.1) is 23.5 Å². The average molecular weight is 371 g/mol. The summed E-state index contributed by atoms with van der Waals surface area (Å²) in [7, 11) is 1.78. The lowest BCUT2D eigenvalue weighted by atomic mass is 9.98. The van der Waals surface area contributed by atoms with Crippen molar-refractivity contribution in [2.45, 2.75) is 19.9 Å². The second-order valence-electron chi connectivity index (χ2n) is 5.97. The highest BCUT2D eigenvalue weighted by Crippen LogP contribution is 2.28. The predicted octanol–water partition coefficient (Wildman–Crippen LogP) is 2.79. The van der Waals surface area contributed by atoms with Gasteiger partial charge >= 0.3 is 6.09 Å². The van der Waals surface area contributed by atoms with Crippen molar-refractivity contribution >= 4 is 17.7 Å². The van der Waals surface area contributed by atoms with E-state index in [0.717, 1.165) is 0 Å². The zero-order chi connectivity index (χ0) is 19.6.